The summed E-state index contributed by atoms with van der Waals surface area (Å²) in [6.07, 6.45) is 7.60. The summed E-state index contributed by atoms with van der Waals surface area (Å²) in [6.45, 7) is 4.55. The fourth-order valence-corrected chi connectivity index (χ4v) is 3.90. The van der Waals surface area contributed by atoms with Gasteiger partial charge in [0.05, 0.1) is 0 Å². The molecule has 2 heteroatoms. The molecule has 2 rings (SSSR count). The smallest absolute Gasteiger partial charge is 0.0392 e. The van der Waals surface area contributed by atoms with Gasteiger partial charge in [0.1, 0.15) is 0 Å². The van der Waals surface area contributed by atoms with Crippen molar-refractivity contribution in [3.8, 4) is 0 Å². The molecule has 0 saturated carbocycles. The summed E-state index contributed by atoms with van der Waals surface area (Å²) in [5.41, 5.74) is 7.90. The van der Waals surface area contributed by atoms with Gasteiger partial charge in [-0.1, -0.05) is 26.7 Å². The lowest BCUT2D eigenvalue weighted by molar-refractivity contribution is 0.417. The highest BCUT2D eigenvalue weighted by Gasteiger charge is 2.19. The molecular weight excluding hydrogens is 214 g/mol. The van der Waals surface area contributed by atoms with E-state index in [-0.39, 0.29) is 6.04 Å². The summed E-state index contributed by atoms with van der Waals surface area (Å²) in [4.78, 5) is 3.03. The van der Waals surface area contributed by atoms with E-state index in [1.165, 1.54) is 37.0 Å². The van der Waals surface area contributed by atoms with Crippen LogP contribution in [0.1, 0.15) is 60.9 Å². The van der Waals surface area contributed by atoms with Crippen LogP contribution < -0.4 is 5.73 Å². The SMILES string of the molecule is CCC(CC)CC(N)c1cc2c(s1)CCC2. The Balaban J connectivity index is 2.00. The van der Waals surface area contributed by atoms with Crippen molar-refractivity contribution in [2.45, 2.75) is 58.4 Å². The first-order chi connectivity index (χ1) is 7.74. The van der Waals surface area contributed by atoms with Crippen molar-refractivity contribution in [1.29, 1.82) is 0 Å². The van der Waals surface area contributed by atoms with Crippen molar-refractivity contribution < 1.29 is 0 Å². The zero-order valence-corrected chi connectivity index (χ0v) is 11.3. The number of nitrogens with two attached hydrogens (primary N) is 1. The fraction of sp³-hybridized carbons (Fsp3) is 0.714. The van der Waals surface area contributed by atoms with E-state index < -0.39 is 0 Å². The molecule has 1 aromatic heterocycles. The normalized spacial score (nSPS) is 16.8. The summed E-state index contributed by atoms with van der Waals surface area (Å²) in [5, 5.41) is 0. The number of aryl methyl sites for hydroxylation is 2. The van der Waals surface area contributed by atoms with E-state index in [1.54, 1.807) is 10.4 Å². The van der Waals surface area contributed by atoms with Crippen LogP contribution in [-0.4, -0.2) is 0 Å². The summed E-state index contributed by atoms with van der Waals surface area (Å²) >= 11 is 1.97. The van der Waals surface area contributed by atoms with E-state index in [0.29, 0.717) is 0 Å². The number of fused-ring (bicyclic) bond motifs is 1. The van der Waals surface area contributed by atoms with Crippen molar-refractivity contribution in [3.05, 3.63) is 21.4 Å². The highest BCUT2D eigenvalue weighted by Crippen LogP contribution is 2.35. The van der Waals surface area contributed by atoms with Crippen LogP contribution in [0.25, 0.3) is 0 Å². The fourth-order valence-electron chi connectivity index (χ4n) is 2.63. The molecular formula is C14H23NS. The third-order valence-electron chi connectivity index (χ3n) is 3.87. The van der Waals surface area contributed by atoms with E-state index in [0.717, 1.165) is 12.3 Å². The van der Waals surface area contributed by atoms with Crippen LogP contribution in [0.3, 0.4) is 0 Å². The highest BCUT2D eigenvalue weighted by molar-refractivity contribution is 7.12. The van der Waals surface area contributed by atoms with Crippen LogP contribution >= 0.6 is 11.3 Å². The van der Waals surface area contributed by atoms with Crippen molar-refractivity contribution >= 4 is 11.3 Å². The second-order valence-electron chi connectivity index (χ2n) is 4.98. The molecule has 1 aliphatic rings. The van der Waals surface area contributed by atoms with Gasteiger partial charge in [0.2, 0.25) is 0 Å². The van der Waals surface area contributed by atoms with Gasteiger partial charge in [0.15, 0.2) is 0 Å². The van der Waals surface area contributed by atoms with Gasteiger partial charge in [-0.05, 0) is 43.2 Å². The quantitative estimate of drug-likeness (QED) is 0.821. The molecule has 0 spiro atoms. The summed E-state index contributed by atoms with van der Waals surface area (Å²) < 4.78 is 0. The molecule has 0 aromatic carbocycles. The molecule has 0 bridgehead atoms. The Morgan fingerprint density at radius 1 is 1.31 bits per heavy atom. The first-order valence-electron chi connectivity index (χ1n) is 6.61. The van der Waals surface area contributed by atoms with E-state index in [2.05, 4.69) is 19.9 Å². The molecule has 1 heterocycles. The van der Waals surface area contributed by atoms with Crippen molar-refractivity contribution in [2.75, 3.05) is 0 Å². The molecule has 1 atom stereocenters. The van der Waals surface area contributed by atoms with E-state index >= 15 is 0 Å². The molecule has 0 fully saturated rings. The van der Waals surface area contributed by atoms with E-state index in [9.17, 15) is 0 Å². The Morgan fingerprint density at radius 2 is 2.06 bits per heavy atom. The predicted octanol–water partition coefficient (Wildman–Crippen LogP) is 4.06. The average Bonchev–Trinajstić information content (AvgIpc) is 2.85. The van der Waals surface area contributed by atoms with Gasteiger partial charge >= 0.3 is 0 Å². The molecule has 0 amide bonds. The first kappa shape index (κ1) is 12.1. The first-order valence-corrected chi connectivity index (χ1v) is 7.43. The minimum absolute atomic E-state index is 0.278. The number of hydrogen-bond acceptors (Lipinski definition) is 2. The van der Waals surface area contributed by atoms with E-state index in [4.69, 9.17) is 5.73 Å². The van der Waals surface area contributed by atoms with Gasteiger partial charge in [0.25, 0.3) is 0 Å². The van der Waals surface area contributed by atoms with Gasteiger partial charge in [-0.3, -0.25) is 0 Å². The van der Waals surface area contributed by atoms with Crippen LogP contribution in [0.5, 0.6) is 0 Å². The topological polar surface area (TPSA) is 26.0 Å². The lowest BCUT2D eigenvalue weighted by atomic mass is 9.94. The van der Waals surface area contributed by atoms with Gasteiger partial charge in [0, 0.05) is 15.8 Å². The molecule has 1 unspecified atom stereocenters. The second-order valence-corrected chi connectivity index (χ2v) is 6.14. The molecule has 0 aliphatic heterocycles. The standard InChI is InChI=1S/C14H23NS/c1-3-10(4-2)8-12(15)14-9-11-6-5-7-13(11)16-14/h9-10,12H,3-8,15H2,1-2H3. The maximum absolute atomic E-state index is 6.32. The molecule has 1 aromatic rings. The molecule has 16 heavy (non-hydrogen) atoms. The maximum Gasteiger partial charge on any atom is 0.0392 e. The summed E-state index contributed by atoms with van der Waals surface area (Å²) in [7, 11) is 0. The summed E-state index contributed by atoms with van der Waals surface area (Å²) in [5.74, 6) is 0.798. The molecule has 90 valence electrons. The minimum atomic E-state index is 0.278. The summed E-state index contributed by atoms with van der Waals surface area (Å²) in [6, 6.07) is 2.65. The molecule has 0 saturated heterocycles. The Bertz CT molecular complexity index is 317. The van der Waals surface area contributed by atoms with E-state index in [1.807, 2.05) is 11.3 Å². The van der Waals surface area contributed by atoms with Gasteiger partial charge in [-0.15, -0.1) is 11.3 Å². The molecule has 2 N–H and O–H groups in total. The molecule has 1 nitrogen and oxygen atoms in total. The predicted molar refractivity (Wildman–Crippen MR) is 72.0 cm³/mol. The molecule has 0 radical (unpaired) electrons. The average molecular weight is 237 g/mol. The minimum Gasteiger partial charge on any atom is -0.323 e. The number of hydrogen-bond donors (Lipinski definition) is 1. The van der Waals surface area contributed by atoms with Crippen LogP contribution in [0.4, 0.5) is 0 Å². The Labute approximate surface area is 103 Å². The molecule has 1 aliphatic carbocycles. The lowest BCUT2D eigenvalue weighted by Gasteiger charge is -2.17. The lowest BCUT2D eigenvalue weighted by Crippen LogP contribution is -2.13. The largest absolute Gasteiger partial charge is 0.323 e. The second kappa shape index (κ2) is 5.33. The Morgan fingerprint density at radius 3 is 2.69 bits per heavy atom. The van der Waals surface area contributed by atoms with Crippen LogP contribution in [0, 0.1) is 5.92 Å². The zero-order chi connectivity index (χ0) is 11.5. The van der Waals surface area contributed by atoms with Crippen LogP contribution in [-0.2, 0) is 12.8 Å². The van der Waals surface area contributed by atoms with Gasteiger partial charge in [-0.2, -0.15) is 0 Å². The zero-order valence-electron chi connectivity index (χ0n) is 10.5. The number of thiophene rings is 1. The third-order valence-corrected chi connectivity index (χ3v) is 5.24. The maximum atomic E-state index is 6.32. The van der Waals surface area contributed by atoms with Crippen LogP contribution in [0.15, 0.2) is 6.07 Å². The van der Waals surface area contributed by atoms with Gasteiger partial charge in [-0.25, -0.2) is 0 Å². The highest BCUT2D eigenvalue weighted by atomic mass is 32.1. The van der Waals surface area contributed by atoms with Gasteiger partial charge < -0.3 is 5.73 Å². The monoisotopic (exact) mass is 237 g/mol. The Kier molecular flexibility index (Phi) is 4.04. The number of rotatable bonds is 5. The Hall–Kier alpha value is -0.340. The third kappa shape index (κ3) is 2.49. The van der Waals surface area contributed by atoms with Crippen molar-refractivity contribution in [1.82, 2.24) is 0 Å². The van der Waals surface area contributed by atoms with Crippen LogP contribution in [0.2, 0.25) is 0 Å². The van der Waals surface area contributed by atoms with Crippen molar-refractivity contribution in [2.24, 2.45) is 11.7 Å². The van der Waals surface area contributed by atoms with Crippen molar-refractivity contribution in [3.63, 3.8) is 0 Å².